The van der Waals surface area contributed by atoms with Gasteiger partial charge in [-0.15, -0.1) is 0 Å². The van der Waals surface area contributed by atoms with Crippen LogP contribution >= 0.6 is 0 Å². The van der Waals surface area contributed by atoms with Crippen LogP contribution in [0.25, 0.3) is 0 Å². The van der Waals surface area contributed by atoms with Crippen LogP contribution < -0.4 is 5.32 Å². The molecule has 2 saturated heterocycles. The van der Waals surface area contributed by atoms with Crippen molar-refractivity contribution in [3.63, 3.8) is 0 Å². The zero-order chi connectivity index (χ0) is 12.4. The Morgan fingerprint density at radius 1 is 1.28 bits per heavy atom. The summed E-state index contributed by atoms with van der Waals surface area (Å²) in [6, 6.07) is 0.814. The van der Waals surface area contributed by atoms with Crippen molar-refractivity contribution < 1.29 is 0 Å². The number of piperazine rings is 1. The largest absolute Gasteiger partial charge is 0.314 e. The number of hydrogen-bond donors (Lipinski definition) is 1. The molecule has 0 amide bonds. The second-order valence-electron chi connectivity index (χ2n) is 6.07. The molecule has 0 aromatic carbocycles. The first kappa shape index (κ1) is 12.6. The van der Waals surface area contributed by atoms with Crippen LogP contribution in [0.1, 0.15) is 26.2 Å². The lowest BCUT2D eigenvalue weighted by Gasteiger charge is -2.45. The Labute approximate surface area is 111 Å². The van der Waals surface area contributed by atoms with Crippen LogP contribution in [0.2, 0.25) is 0 Å². The van der Waals surface area contributed by atoms with Gasteiger partial charge in [0.15, 0.2) is 0 Å². The summed E-state index contributed by atoms with van der Waals surface area (Å²) in [7, 11) is 0. The molecule has 0 aromatic rings. The molecule has 1 N–H and O–H groups in total. The summed E-state index contributed by atoms with van der Waals surface area (Å²) in [6.45, 7) is 11.0. The first-order valence-electron chi connectivity index (χ1n) is 7.73. The van der Waals surface area contributed by atoms with Gasteiger partial charge in [0.1, 0.15) is 0 Å². The third-order valence-corrected chi connectivity index (χ3v) is 5.02. The summed E-state index contributed by atoms with van der Waals surface area (Å²) in [5.41, 5.74) is 1.73. The molecule has 102 valence electrons. The molecule has 3 nitrogen and oxygen atoms in total. The van der Waals surface area contributed by atoms with Crippen LogP contribution in [-0.4, -0.2) is 61.7 Å². The zero-order valence-electron chi connectivity index (χ0n) is 11.7. The van der Waals surface area contributed by atoms with Crippen molar-refractivity contribution in [3.05, 3.63) is 11.6 Å². The number of fused-ring (bicyclic) bond motifs is 2. The van der Waals surface area contributed by atoms with Crippen molar-refractivity contribution in [1.82, 2.24) is 15.1 Å². The maximum absolute atomic E-state index is 3.44. The molecule has 0 spiro atoms. The van der Waals surface area contributed by atoms with E-state index in [4.69, 9.17) is 0 Å². The van der Waals surface area contributed by atoms with Gasteiger partial charge in [0.2, 0.25) is 0 Å². The Morgan fingerprint density at radius 3 is 2.89 bits per heavy atom. The predicted molar refractivity (Wildman–Crippen MR) is 75.8 cm³/mol. The van der Waals surface area contributed by atoms with E-state index < -0.39 is 0 Å². The average Bonchev–Trinajstić information content (AvgIpc) is 2.43. The molecule has 2 fully saturated rings. The van der Waals surface area contributed by atoms with E-state index in [1.165, 1.54) is 65.1 Å². The van der Waals surface area contributed by atoms with Crippen LogP contribution in [-0.2, 0) is 0 Å². The number of piperidine rings is 1. The van der Waals surface area contributed by atoms with Crippen LogP contribution in [0.15, 0.2) is 11.6 Å². The predicted octanol–water partition coefficient (Wildman–Crippen LogP) is 1.32. The SMILES string of the molecule is CCC1=CCN2CC1CCC2CN1CCNCC1. The molecule has 3 aliphatic rings. The quantitative estimate of drug-likeness (QED) is 0.761. The van der Waals surface area contributed by atoms with Gasteiger partial charge in [-0.05, 0) is 25.2 Å². The Kier molecular flexibility index (Phi) is 4.02. The fourth-order valence-electron chi connectivity index (χ4n) is 3.86. The molecule has 3 heteroatoms. The van der Waals surface area contributed by atoms with Crippen molar-refractivity contribution in [3.8, 4) is 0 Å². The maximum Gasteiger partial charge on any atom is 0.0226 e. The Balaban J connectivity index is 1.57. The van der Waals surface area contributed by atoms with Crippen molar-refractivity contribution in [2.75, 3.05) is 45.8 Å². The molecule has 3 atom stereocenters. The number of hydrogen-bond acceptors (Lipinski definition) is 3. The van der Waals surface area contributed by atoms with Crippen LogP contribution in [0.3, 0.4) is 0 Å². The Bertz CT molecular complexity index is 307. The van der Waals surface area contributed by atoms with Crippen molar-refractivity contribution >= 4 is 0 Å². The van der Waals surface area contributed by atoms with E-state index in [1.54, 1.807) is 5.57 Å². The number of rotatable bonds is 3. The lowest BCUT2D eigenvalue weighted by atomic mass is 9.83. The van der Waals surface area contributed by atoms with Gasteiger partial charge >= 0.3 is 0 Å². The minimum atomic E-state index is 0.814. The Morgan fingerprint density at radius 2 is 2.11 bits per heavy atom. The summed E-state index contributed by atoms with van der Waals surface area (Å²) in [4.78, 5) is 5.38. The molecule has 3 rings (SSSR count). The fraction of sp³-hybridized carbons (Fsp3) is 0.867. The smallest absolute Gasteiger partial charge is 0.0226 e. The second kappa shape index (κ2) is 5.72. The molecule has 18 heavy (non-hydrogen) atoms. The first-order chi connectivity index (χ1) is 8.86. The summed E-state index contributed by atoms with van der Waals surface area (Å²) < 4.78 is 0. The molecule has 2 bridgehead atoms. The summed E-state index contributed by atoms with van der Waals surface area (Å²) in [5, 5.41) is 3.44. The van der Waals surface area contributed by atoms with Gasteiger partial charge in [-0.1, -0.05) is 18.6 Å². The Hall–Kier alpha value is -0.380. The minimum Gasteiger partial charge on any atom is -0.314 e. The lowest BCUT2D eigenvalue weighted by molar-refractivity contribution is 0.0814. The van der Waals surface area contributed by atoms with Gasteiger partial charge in [-0.25, -0.2) is 0 Å². The number of nitrogens with one attached hydrogen (secondary N) is 1. The molecule has 3 heterocycles. The van der Waals surface area contributed by atoms with Gasteiger partial charge in [0, 0.05) is 51.9 Å². The van der Waals surface area contributed by atoms with Crippen LogP contribution in [0.5, 0.6) is 0 Å². The number of nitrogens with zero attached hydrogens (tertiary/aromatic N) is 2. The molecular weight excluding hydrogens is 222 g/mol. The highest BCUT2D eigenvalue weighted by Gasteiger charge is 2.32. The van der Waals surface area contributed by atoms with E-state index in [0.717, 1.165) is 12.0 Å². The molecule has 0 radical (unpaired) electrons. The van der Waals surface area contributed by atoms with Crippen molar-refractivity contribution in [2.45, 2.75) is 32.2 Å². The third-order valence-electron chi connectivity index (χ3n) is 5.02. The highest BCUT2D eigenvalue weighted by molar-refractivity contribution is 5.14. The minimum absolute atomic E-state index is 0.814. The topological polar surface area (TPSA) is 18.5 Å². The van der Waals surface area contributed by atoms with Crippen LogP contribution in [0, 0.1) is 5.92 Å². The molecule has 0 saturated carbocycles. The molecule has 0 aliphatic carbocycles. The standard InChI is InChI=1S/C15H27N3/c1-2-13-5-8-18-11-14(13)3-4-15(18)12-17-9-6-16-7-10-17/h5,14-16H,2-4,6-12H2,1H3. The first-order valence-corrected chi connectivity index (χ1v) is 7.73. The van der Waals surface area contributed by atoms with E-state index in [1.807, 2.05) is 0 Å². The maximum atomic E-state index is 3.44. The van der Waals surface area contributed by atoms with Gasteiger partial charge in [0.25, 0.3) is 0 Å². The van der Waals surface area contributed by atoms with Gasteiger partial charge in [-0.2, -0.15) is 0 Å². The summed E-state index contributed by atoms with van der Waals surface area (Å²) in [6.07, 6.45) is 6.61. The van der Waals surface area contributed by atoms with Gasteiger partial charge in [-0.3, -0.25) is 9.80 Å². The molecular formula is C15H27N3. The fourth-order valence-corrected chi connectivity index (χ4v) is 3.86. The highest BCUT2D eigenvalue weighted by atomic mass is 15.2. The average molecular weight is 249 g/mol. The monoisotopic (exact) mass is 249 g/mol. The van der Waals surface area contributed by atoms with Crippen molar-refractivity contribution in [1.29, 1.82) is 0 Å². The summed E-state index contributed by atoms with van der Waals surface area (Å²) >= 11 is 0. The third kappa shape index (κ3) is 2.63. The van der Waals surface area contributed by atoms with E-state index in [-0.39, 0.29) is 0 Å². The van der Waals surface area contributed by atoms with Gasteiger partial charge < -0.3 is 5.32 Å². The summed E-state index contributed by atoms with van der Waals surface area (Å²) in [5.74, 6) is 0.878. The normalized spacial score (nSPS) is 37.4. The van der Waals surface area contributed by atoms with Crippen molar-refractivity contribution in [2.24, 2.45) is 5.92 Å². The van der Waals surface area contributed by atoms with Crippen LogP contribution in [0.4, 0.5) is 0 Å². The van der Waals surface area contributed by atoms with E-state index in [2.05, 4.69) is 28.1 Å². The van der Waals surface area contributed by atoms with Gasteiger partial charge in [0.05, 0.1) is 0 Å². The second-order valence-corrected chi connectivity index (χ2v) is 6.07. The molecule has 0 aromatic heterocycles. The van der Waals surface area contributed by atoms with E-state index >= 15 is 0 Å². The van der Waals surface area contributed by atoms with E-state index in [9.17, 15) is 0 Å². The molecule has 3 unspecified atom stereocenters. The lowest BCUT2D eigenvalue weighted by Crippen LogP contribution is -2.54. The van der Waals surface area contributed by atoms with E-state index in [0.29, 0.717) is 0 Å². The highest BCUT2D eigenvalue weighted by Crippen LogP contribution is 2.32. The zero-order valence-corrected chi connectivity index (χ0v) is 11.7. The molecule has 3 aliphatic heterocycles.